The average molecular weight is 389 g/mol. The molecule has 1 aliphatic rings. The maximum atomic E-state index is 12.6. The number of hydrogen-bond donors (Lipinski definition) is 2. The molecule has 1 fully saturated rings. The molecule has 0 aliphatic carbocycles. The SMILES string of the molecule is CCN(CC(=O)NCc1cccs1)C(=O)C1CCN(S(N)(=O)=O)CC1. The maximum Gasteiger partial charge on any atom is 0.276 e. The van der Waals surface area contributed by atoms with Crippen molar-refractivity contribution in [1.82, 2.24) is 14.5 Å². The van der Waals surface area contributed by atoms with E-state index in [-0.39, 0.29) is 37.4 Å². The molecular weight excluding hydrogens is 364 g/mol. The minimum Gasteiger partial charge on any atom is -0.350 e. The Morgan fingerprint density at radius 1 is 1.40 bits per heavy atom. The first-order valence-corrected chi connectivity index (χ1v) is 10.5. The summed E-state index contributed by atoms with van der Waals surface area (Å²) in [5, 5.41) is 9.86. The molecular formula is C15H24N4O4S2. The Labute approximate surface area is 152 Å². The zero-order valence-corrected chi connectivity index (χ0v) is 15.8. The highest BCUT2D eigenvalue weighted by Gasteiger charge is 2.31. The first-order chi connectivity index (χ1) is 11.8. The van der Waals surface area contributed by atoms with Gasteiger partial charge < -0.3 is 10.2 Å². The molecule has 3 N–H and O–H groups in total. The van der Waals surface area contributed by atoms with Gasteiger partial charge in [-0.05, 0) is 31.2 Å². The van der Waals surface area contributed by atoms with Gasteiger partial charge in [-0.15, -0.1) is 11.3 Å². The number of nitrogens with zero attached hydrogens (tertiary/aromatic N) is 2. The molecule has 2 rings (SSSR count). The molecule has 1 saturated heterocycles. The molecule has 0 unspecified atom stereocenters. The van der Waals surface area contributed by atoms with Crippen LogP contribution in [0, 0.1) is 5.92 Å². The van der Waals surface area contributed by atoms with Crippen LogP contribution in [0.25, 0.3) is 0 Å². The van der Waals surface area contributed by atoms with Gasteiger partial charge in [-0.3, -0.25) is 9.59 Å². The second-order valence-corrected chi connectivity index (χ2v) is 8.51. The fourth-order valence-corrected chi connectivity index (χ4v) is 4.15. The van der Waals surface area contributed by atoms with Crippen LogP contribution >= 0.6 is 11.3 Å². The summed E-state index contributed by atoms with van der Waals surface area (Å²) >= 11 is 1.56. The van der Waals surface area contributed by atoms with Gasteiger partial charge in [0.2, 0.25) is 11.8 Å². The molecule has 1 aromatic heterocycles. The number of hydrogen-bond acceptors (Lipinski definition) is 5. The van der Waals surface area contributed by atoms with Crippen molar-refractivity contribution in [3.63, 3.8) is 0 Å². The van der Waals surface area contributed by atoms with Crippen molar-refractivity contribution in [2.45, 2.75) is 26.3 Å². The predicted octanol–water partition coefficient (Wildman–Crippen LogP) is 0.128. The van der Waals surface area contributed by atoms with Crippen molar-refractivity contribution < 1.29 is 18.0 Å². The molecule has 8 nitrogen and oxygen atoms in total. The predicted molar refractivity (Wildman–Crippen MR) is 95.8 cm³/mol. The summed E-state index contributed by atoms with van der Waals surface area (Å²) in [7, 11) is -3.70. The van der Waals surface area contributed by atoms with E-state index in [0.29, 0.717) is 25.9 Å². The van der Waals surface area contributed by atoms with Gasteiger partial charge in [-0.1, -0.05) is 6.07 Å². The van der Waals surface area contributed by atoms with E-state index < -0.39 is 10.2 Å². The van der Waals surface area contributed by atoms with Gasteiger partial charge in [0, 0.05) is 30.4 Å². The summed E-state index contributed by atoms with van der Waals surface area (Å²) in [6.45, 7) is 3.18. The number of nitrogens with two attached hydrogens (primary N) is 1. The molecule has 10 heteroatoms. The molecule has 2 heterocycles. The number of nitrogens with one attached hydrogen (secondary N) is 1. The first-order valence-electron chi connectivity index (χ1n) is 8.17. The average Bonchev–Trinajstić information content (AvgIpc) is 3.10. The summed E-state index contributed by atoms with van der Waals surface area (Å²) in [5.41, 5.74) is 0. The molecule has 140 valence electrons. The highest BCUT2D eigenvalue weighted by atomic mass is 32.2. The van der Waals surface area contributed by atoms with E-state index in [1.807, 2.05) is 24.4 Å². The largest absolute Gasteiger partial charge is 0.350 e. The smallest absolute Gasteiger partial charge is 0.276 e. The van der Waals surface area contributed by atoms with Gasteiger partial charge in [0.15, 0.2) is 0 Å². The number of piperidine rings is 1. The van der Waals surface area contributed by atoms with Crippen LogP contribution in [0.1, 0.15) is 24.6 Å². The van der Waals surface area contributed by atoms with Crippen LogP contribution < -0.4 is 10.5 Å². The van der Waals surface area contributed by atoms with Gasteiger partial charge in [0.25, 0.3) is 10.2 Å². The van der Waals surface area contributed by atoms with E-state index >= 15 is 0 Å². The van der Waals surface area contributed by atoms with Crippen LogP contribution in [0.2, 0.25) is 0 Å². The van der Waals surface area contributed by atoms with Crippen LogP contribution in [0.3, 0.4) is 0 Å². The third kappa shape index (κ3) is 5.77. The zero-order chi connectivity index (χ0) is 18.4. The third-order valence-corrected chi connectivity index (χ3v) is 6.19. The fourth-order valence-electron chi connectivity index (χ4n) is 2.79. The topological polar surface area (TPSA) is 113 Å². The quantitative estimate of drug-likeness (QED) is 0.691. The van der Waals surface area contributed by atoms with Crippen molar-refractivity contribution >= 4 is 33.4 Å². The summed E-state index contributed by atoms with van der Waals surface area (Å²) in [6.07, 6.45) is 0.838. The van der Waals surface area contributed by atoms with Crippen molar-refractivity contribution in [1.29, 1.82) is 0 Å². The van der Waals surface area contributed by atoms with Gasteiger partial charge in [-0.25, -0.2) is 5.14 Å². The van der Waals surface area contributed by atoms with E-state index in [1.54, 1.807) is 11.3 Å². The van der Waals surface area contributed by atoms with E-state index in [4.69, 9.17) is 5.14 Å². The molecule has 0 atom stereocenters. The molecule has 25 heavy (non-hydrogen) atoms. The molecule has 0 saturated carbocycles. The van der Waals surface area contributed by atoms with Crippen molar-refractivity contribution in [3.8, 4) is 0 Å². The zero-order valence-electron chi connectivity index (χ0n) is 14.2. The van der Waals surface area contributed by atoms with Crippen LogP contribution in [0.5, 0.6) is 0 Å². The lowest BCUT2D eigenvalue weighted by atomic mass is 9.96. The Balaban J connectivity index is 1.83. The maximum absolute atomic E-state index is 12.6. The third-order valence-electron chi connectivity index (χ3n) is 4.23. The number of carbonyl (C=O) groups excluding carboxylic acids is 2. The van der Waals surface area contributed by atoms with Gasteiger partial charge >= 0.3 is 0 Å². The normalized spacial score (nSPS) is 16.6. The standard InChI is InChI=1S/C15H24N4O4S2/c1-2-18(11-14(20)17-10-13-4-3-9-24-13)15(21)12-5-7-19(8-6-12)25(16,22)23/h3-4,9,12H,2,5-8,10-11H2,1H3,(H,17,20)(H2,16,22,23). The molecule has 1 aliphatic heterocycles. The van der Waals surface area contributed by atoms with E-state index in [1.165, 1.54) is 9.21 Å². The van der Waals surface area contributed by atoms with Crippen LogP contribution in [0.15, 0.2) is 17.5 Å². The molecule has 0 aromatic carbocycles. The van der Waals surface area contributed by atoms with Crippen molar-refractivity contribution in [2.24, 2.45) is 11.1 Å². The highest BCUT2D eigenvalue weighted by Crippen LogP contribution is 2.20. The Morgan fingerprint density at radius 2 is 2.08 bits per heavy atom. The Bertz CT molecular complexity index is 682. The molecule has 0 bridgehead atoms. The highest BCUT2D eigenvalue weighted by molar-refractivity contribution is 7.86. The Kier molecular flexibility index (Phi) is 6.94. The number of rotatable bonds is 7. The molecule has 0 spiro atoms. The van der Waals surface area contributed by atoms with E-state index in [9.17, 15) is 18.0 Å². The van der Waals surface area contributed by atoms with Gasteiger partial charge in [-0.2, -0.15) is 12.7 Å². The molecule has 0 radical (unpaired) electrons. The number of carbonyl (C=O) groups is 2. The monoisotopic (exact) mass is 388 g/mol. The fraction of sp³-hybridized carbons (Fsp3) is 0.600. The van der Waals surface area contributed by atoms with Gasteiger partial charge in [0.1, 0.15) is 0 Å². The number of likely N-dealkylation sites (N-methyl/N-ethyl adjacent to an activating group) is 1. The lowest BCUT2D eigenvalue weighted by Crippen LogP contribution is -2.48. The summed E-state index contributed by atoms with van der Waals surface area (Å²) in [4.78, 5) is 27.2. The second-order valence-electron chi connectivity index (χ2n) is 5.93. The van der Waals surface area contributed by atoms with Crippen LogP contribution in [-0.4, -0.2) is 55.6 Å². The van der Waals surface area contributed by atoms with Crippen LogP contribution in [0.4, 0.5) is 0 Å². The summed E-state index contributed by atoms with van der Waals surface area (Å²) in [5.74, 6) is -0.587. The summed E-state index contributed by atoms with van der Waals surface area (Å²) < 4.78 is 23.8. The Hall–Kier alpha value is -1.49. The van der Waals surface area contributed by atoms with Crippen LogP contribution in [-0.2, 0) is 26.3 Å². The van der Waals surface area contributed by atoms with E-state index in [0.717, 1.165) is 4.88 Å². The molecule has 1 aromatic rings. The number of thiophene rings is 1. The van der Waals surface area contributed by atoms with Gasteiger partial charge in [0.05, 0.1) is 13.1 Å². The lowest BCUT2D eigenvalue weighted by Gasteiger charge is -2.32. The lowest BCUT2D eigenvalue weighted by molar-refractivity contribution is -0.140. The summed E-state index contributed by atoms with van der Waals surface area (Å²) in [6, 6.07) is 3.86. The van der Waals surface area contributed by atoms with Crippen molar-refractivity contribution in [3.05, 3.63) is 22.4 Å². The molecule has 2 amide bonds. The Morgan fingerprint density at radius 3 is 2.60 bits per heavy atom. The minimum absolute atomic E-state index is 0.0100. The first kappa shape index (κ1) is 19.8. The number of amides is 2. The van der Waals surface area contributed by atoms with E-state index in [2.05, 4.69) is 5.32 Å². The second kappa shape index (κ2) is 8.75. The van der Waals surface area contributed by atoms with Crippen molar-refractivity contribution in [2.75, 3.05) is 26.2 Å². The minimum atomic E-state index is -3.70.